The normalized spacial score (nSPS) is 12.3. The van der Waals surface area contributed by atoms with Crippen LogP contribution in [0.15, 0.2) is 32.5 Å². The molecule has 1 unspecified atom stereocenters. The first-order valence-electron chi connectivity index (χ1n) is 5.37. The zero-order chi connectivity index (χ0) is 14.0. The smallest absolute Gasteiger partial charge is 0.141 e. The molecule has 2 aromatic rings. The summed E-state index contributed by atoms with van der Waals surface area (Å²) in [7, 11) is 3.24. The third-order valence-corrected chi connectivity index (χ3v) is 5.93. The van der Waals surface area contributed by atoms with E-state index in [9.17, 15) is 0 Å². The Morgan fingerprint density at radius 2 is 1.89 bits per heavy atom. The fraction of sp³-hybridized carbons (Fsp3) is 0.231. The molecular weight excluding hydrogens is 415 g/mol. The van der Waals surface area contributed by atoms with Crippen LogP contribution in [0.3, 0.4) is 0 Å². The molecule has 1 heterocycles. The number of alkyl halides is 1. The van der Waals surface area contributed by atoms with Crippen molar-refractivity contribution in [1.29, 1.82) is 0 Å². The van der Waals surface area contributed by atoms with Crippen molar-refractivity contribution in [3.8, 4) is 11.5 Å². The van der Waals surface area contributed by atoms with Gasteiger partial charge in [-0.25, -0.2) is 0 Å². The van der Waals surface area contributed by atoms with Crippen LogP contribution in [-0.2, 0) is 0 Å². The highest BCUT2D eigenvalue weighted by Gasteiger charge is 2.22. The Hall–Kier alpha value is -0.230. The first-order valence-corrected chi connectivity index (χ1v) is 8.27. The molecule has 2 nitrogen and oxygen atoms in total. The highest BCUT2D eigenvalue weighted by Crippen LogP contribution is 2.46. The molecule has 0 saturated heterocycles. The lowest BCUT2D eigenvalue weighted by atomic mass is 10.1. The van der Waals surface area contributed by atoms with Gasteiger partial charge in [0.1, 0.15) is 16.0 Å². The fourth-order valence-corrected chi connectivity index (χ4v) is 4.60. The Morgan fingerprint density at radius 3 is 2.42 bits per heavy atom. The van der Waals surface area contributed by atoms with Gasteiger partial charge in [0.25, 0.3) is 0 Å². The maximum Gasteiger partial charge on any atom is 0.141 e. The fourth-order valence-electron chi connectivity index (χ4n) is 1.75. The van der Waals surface area contributed by atoms with Gasteiger partial charge in [-0.15, -0.1) is 22.9 Å². The van der Waals surface area contributed by atoms with Crippen LogP contribution in [0.2, 0.25) is 0 Å². The predicted molar refractivity (Wildman–Crippen MR) is 87.0 cm³/mol. The van der Waals surface area contributed by atoms with E-state index in [4.69, 9.17) is 21.1 Å². The summed E-state index contributed by atoms with van der Waals surface area (Å²) in [4.78, 5) is 1.05. The number of benzene rings is 1. The summed E-state index contributed by atoms with van der Waals surface area (Å²) in [5, 5.41) is 1.73. The van der Waals surface area contributed by atoms with Gasteiger partial charge < -0.3 is 9.47 Å². The summed E-state index contributed by atoms with van der Waals surface area (Å²) in [6.45, 7) is 0. The van der Waals surface area contributed by atoms with Crippen LogP contribution >= 0.6 is 54.8 Å². The molecular formula is C13H11Br2ClO2S. The van der Waals surface area contributed by atoms with Crippen molar-refractivity contribution < 1.29 is 9.47 Å². The molecule has 102 valence electrons. The van der Waals surface area contributed by atoms with Crippen molar-refractivity contribution >= 4 is 54.8 Å². The molecule has 1 atom stereocenters. The van der Waals surface area contributed by atoms with E-state index >= 15 is 0 Å². The van der Waals surface area contributed by atoms with E-state index < -0.39 is 0 Å². The largest absolute Gasteiger partial charge is 0.495 e. The third-order valence-electron chi connectivity index (χ3n) is 2.66. The molecule has 1 aromatic heterocycles. The molecule has 0 amide bonds. The second-order valence-corrected chi connectivity index (χ2v) is 6.73. The third kappa shape index (κ3) is 2.94. The van der Waals surface area contributed by atoms with E-state index in [0.29, 0.717) is 5.75 Å². The summed E-state index contributed by atoms with van der Waals surface area (Å²) < 4.78 is 12.5. The number of hydrogen-bond acceptors (Lipinski definition) is 3. The highest BCUT2D eigenvalue weighted by molar-refractivity contribution is 9.11. The Bertz CT molecular complexity index is 586. The van der Waals surface area contributed by atoms with Crippen molar-refractivity contribution in [2.24, 2.45) is 0 Å². The summed E-state index contributed by atoms with van der Waals surface area (Å²) in [6.07, 6.45) is 0. The minimum atomic E-state index is -0.272. The maximum absolute atomic E-state index is 6.57. The number of halogens is 3. The van der Waals surface area contributed by atoms with Crippen molar-refractivity contribution in [3.05, 3.63) is 43.0 Å². The molecule has 0 N–H and O–H groups in total. The van der Waals surface area contributed by atoms with Crippen LogP contribution in [0.25, 0.3) is 0 Å². The number of ether oxygens (including phenoxy) is 2. The van der Waals surface area contributed by atoms with Crippen LogP contribution in [0.1, 0.15) is 15.8 Å². The predicted octanol–water partition coefficient (Wildman–Crippen LogP) is 5.62. The Balaban J connectivity index is 2.51. The molecule has 0 aliphatic heterocycles. The SMILES string of the molecule is COc1ccc(C(Cl)c2sccc2Br)c(OC)c1Br. The van der Waals surface area contributed by atoms with Gasteiger partial charge in [0.2, 0.25) is 0 Å². The average Bonchev–Trinajstić information content (AvgIpc) is 2.83. The standard InChI is InChI=1S/C13H11Br2ClO2S/c1-17-9-4-3-7(12(18-2)10(9)15)11(16)13-8(14)5-6-19-13/h3-6,11H,1-2H3. The van der Waals surface area contributed by atoms with Crippen LogP contribution < -0.4 is 9.47 Å². The van der Waals surface area contributed by atoms with Crippen molar-refractivity contribution in [2.45, 2.75) is 5.38 Å². The van der Waals surface area contributed by atoms with Gasteiger partial charge in [0.15, 0.2) is 0 Å². The summed E-state index contributed by atoms with van der Waals surface area (Å²) in [6, 6.07) is 5.78. The molecule has 2 rings (SSSR count). The lowest BCUT2D eigenvalue weighted by molar-refractivity contribution is 0.386. The van der Waals surface area contributed by atoms with Crippen molar-refractivity contribution in [3.63, 3.8) is 0 Å². The van der Waals surface area contributed by atoms with Crippen molar-refractivity contribution in [2.75, 3.05) is 14.2 Å². The molecule has 1 aromatic carbocycles. The van der Waals surface area contributed by atoms with E-state index in [2.05, 4.69) is 31.9 Å². The Labute approximate surface area is 137 Å². The molecule has 0 radical (unpaired) electrons. The number of rotatable bonds is 4. The minimum absolute atomic E-state index is 0.272. The van der Waals surface area contributed by atoms with Gasteiger partial charge in [0.05, 0.1) is 19.6 Å². The van der Waals surface area contributed by atoms with Crippen LogP contribution in [0.5, 0.6) is 11.5 Å². The van der Waals surface area contributed by atoms with Gasteiger partial charge in [-0.3, -0.25) is 0 Å². The van der Waals surface area contributed by atoms with Gasteiger partial charge in [-0.1, -0.05) is 0 Å². The zero-order valence-electron chi connectivity index (χ0n) is 10.2. The van der Waals surface area contributed by atoms with Gasteiger partial charge in [-0.05, 0) is 55.4 Å². The lowest BCUT2D eigenvalue weighted by Gasteiger charge is -2.16. The van der Waals surface area contributed by atoms with Gasteiger partial charge >= 0.3 is 0 Å². The average molecular weight is 427 g/mol. The number of hydrogen-bond donors (Lipinski definition) is 0. The molecule has 0 bridgehead atoms. The van der Waals surface area contributed by atoms with E-state index in [1.165, 1.54) is 0 Å². The minimum Gasteiger partial charge on any atom is -0.495 e. The zero-order valence-corrected chi connectivity index (χ0v) is 15.0. The lowest BCUT2D eigenvalue weighted by Crippen LogP contribution is -1.99. The van der Waals surface area contributed by atoms with Crippen molar-refractivity contribution in [1.82, 2.24) is 0 Å². The summed E-state index contributed by atoms with van der Waals surface area (Å²) >= 11 is 15.2. The molecule has 0 fully saturated rings. The quantitative estimate of drug-likeness (QED) is 0.591. The van der Waals surface area contributed by atoms with Crippen LogP contribution in [0.4, 0.5) is 0 Å². The molecule has 0 aliphatic rings. The topological polar surface area (TPSA) is 18.5 Å². The summed E-state index contributed by atoms with van der Waals surface area (Å²) in [5.41, 5.74) is 0.903. The first-order chi connectivity index (χ1) is 9.10. The molecule has 0 saturated carbocycles. The first kappa shape index (κ1) is 15.2. The van der Waals surface area contributed by atoms with Gasteiger partial charge in [-0.2, -0.15) is 0 Å². The van der Waals surface area contributed by atoms with E-state index in [0.717, 1.165) is 25.1 Å². The van der Waals surface area contributed by atoms with Crippen LogP contribution in [0, 0.1) is 0 Å². The number of thiophene rings is 1. The maximum atomic E-state index is 6.57. The highest BCUT2D eigenvalue weighted by atomic mass is 79.9. The molecule has 19 heavy (non-hydrogen) atoms. The van der Waals surface area contributed by atoms with E-state index in [1.807, 2.05) is 23.6 Å². The molecule has 6 heteroatoms. The van der Waals surface area contributed by atoms with Crippen LogP contribution in [-0.4, -0.2) is 14.2 Å². The monoisotopic (exact) mass is 424 g/mol. The summed E-state index contributed by atoms with van der Waals surface area (Å²) in [5.74, 6) is 1.41. The van der Waals surface area contributed by atoms with E-state index in [-0.39, 0.29) is 5.38 Å². The second-order valence-electron chi connectivity index (χ2n) is 3.70. The molecule has 0 spiro atoms. The Morgan fingerprint density at radius 1 is 1.16 bits per heavy atom. The second kappa shape index (κ2) is 6.48. The van der Waals surface area contributed by atoms with E-state index in [1.54, 1.807) is 25.6 Å². The Kier molecular flexibility index (Phi) is 5.17. The molecule has 0 aliphatic carbocycles. The number of methoxy groups -OCH3 is 2. The van der Waals surface area contributed by atoms with Gasteiger partial charge in [0, 0.05) is 14.9 Å².